The number of fused-ring (bicyclic) bond motifs is 1. The van der Waals surface area contributed by atoms with Gasteiger partial charge in [0.05, 0.1) is 0 Å². The van der Waals surface area contributed by atoms with E-state index in [-0.39, 0.29) is 11.5 Å². The van der Waals surface area contributed by atoms with Crippen molar-refractivity contribution in [2.45, 2.75) is 13.0 Å². The van der Waals surface area contributed by atoms with Crippen LogP contribution in [0.3, 0.4) is 0 Å². The highest BCUT2D eigenvalue weighted by Crippen LogP contribution is 2.11. The predicted octanol–water partition coefficient (Wildman–Crippen LogP) is 0.278. The highest BCUT2D eigenvalue weighted by Gasteiger charge is 2.09. The van der Waals surface area contributed by atoms with Crippen molar-refractivity contribution in [1.82, 2.24) is 19.9 Å². The Kier molecular flexibility index (Phi) is 2.96. The second kappa shape index (κ2) is 4.78. The summed E-state index contributed by atoms with van der Waals surface area (Å²) >= 11 is 0. The van der Waals surface area contributed by atoms with Gasteiger partial charge in [0, 0.05) is 13.0 Å². The third-order valence-electron chi connectivity index (χ3n) is 3.03. The molecule has 0 aliphatic rings. The molecule has 0 fully saturated rings. The third-order valence-corrected chi connectivity index (χ3v) is 3.03. The molecular weight excluding hydrogens is 256 g/mol. The van der Waals surface area contributed by atoms with Crippen molar-refractivity contribution in [3.05, 3.63) is 51.6 Å². The zero-order valence-electron chi connectivity index (χ0n) is 10.7. The molecule has 0 aliphatic carbocycles. The summed E-state index contributed by atoms with van der Waals surface area (Å²) in [5, 5.41) is 0. The van der Waals surface area contributed by atoms with Gasteiger partial charge in [-0.3, -0.25) is 9.78 Å². The lowest BCUT2D eigenvalue weighted by atomic mass is 10.1. The van der Waals surface area contributed by atoms with E-state index >= 15 is 0 Å². The quantitative estimate of drug-likeness (QED) is 0.543. The van der Waals surface area contributed by atoms with Crippen LogP contribution in [0.25, 0.3) is 11.2 Å². The molecule has 6 N–H and O–H groups in total. The van der Waals surface area contributed by atoms with Gasteiger partial charge >= 0.3 is 0 Å². The fraction of sp³-hybridized carbons (Fsp3) is 0.154. The van der Waals surface area contributed by atoms with E-state index < -0.39 is 0 Å². The summed E-state index contributed by atoms with van der Waals surface area (Å²) in [5.74, 6) is 0.725. The number of hydrogen-bond donors (Lipinski definition) is 4. The number of nitrogen functional groups attached to an aromatic ring is 1. The van der Waals surface area contributed by atoms with Crippen LogP contribution in [0.15, 0.2) is 29.1 Å². The minimum absolute atomic E-state index is 0.0608. The zero-order valence-corrected chi connectivity index (χ0v) is 10.7. The first-order valence-corrected chi connectivity index (χ1v) is 6.18. The number of aromatic amines is 2. The maximum atomic E-state index is 11.7. The predicted molar refractivity (Wildman–Crippen MR) is 76.1 cm³/mol. The Hall–Kier alpha value is -2.67. The lowest BCUT2D eigenvalue weighted by Gasteiger charge is -2.01. The van der Waals surface area contributed by atoms with Gasteiger partial charge < -0.3 is 16.5 Å². The number of benzene rings is 1. The SMILES string of the molecule is NCc1cccc(Cc2nc3nc(N)[nH]c(=O)c3[nH]2)c1. The molecule has 1 aromatic carbocycles. The Morgan fingerprint density at radius 3 is 2.75 bits per heavy atom. The van der Waals surface area contributed by atoms with E-state index in [2.05, 4.69) is 19.9 Å². The lowest BCUT2D eigenvalue weighted by molar-refractivity contribution is 1.01. The molecule has 0 amide bonds. The summed E-state index contributed by atoms with van der Waals surface area (Å²) in [7, 11) is 0. The van der Waals surface area contributed by atoms with Gasteiger partial charge in [0.25, 0.3) is 5.56 Å². The molecule has 0 atom stereocenters. The summed E-state index contributed by atoms with van der Waals surface area (Å²) in [4.78, 5) is 25.4. The molecule has 0 spiro atoms. The van der Waals surface area contributed by atoms with E-state index in [0.717, 1.165) is 11.1 Å². The van der Waals surface area contributed by atoms with Gasteiger partial charge in [-0.2, -0.15) is 4.98 Å². The lowest BCUT2D eigenvalue weighted by Crippen LogP contribution is -2.10. The van der Waals surface area contributed by atoms with Crippen LogP contribution in [-0.4, -0.2) is 19.9 Å². The molecule has 0 radical (unpaired) electrons. The van der Waals surface area contributed by atoms with Crippen molar-refractivity contribution in [1.29, 1.82) is 0 Å². The highest BCUT2D eigenvalue weighted by atomic mass is 16.1. The molecule has 2 heterocycles. The molecule has 0 bridgehead atoms. The molecule has 7 nitrogen and oxygen atoms in total. The van der Waals surface area contributed by atoms with Crippen LogP contribution in [0.2, 0.25) is 0 Å². The van der Waals surface area contributed by atoms with E-state index in [1.807, 2.05) is 24.3 Å². The van der Waals surface area contributed by atoms with Crippen molar-refractivity contribution < 1.29 is 0 Å². The first-order valence-electron chi connectivity index (χ1n) is 6.18. The Morgan fingerprint density at radius 2 is 1.95 bits per heavy atom. The van der Waals surface area contributed by atoms with Crippen LogP contribution in [0.4, 0.5) is 5.95 Å². The number of nitrogens with two attached hydrogens (primary N) is 2. The largest absolute Gasteiger partial charge is 0.369 e. The van der Waals surface area contributed by atoms with Crippen LogP contribution in [0.5, 0.6) is 0 Å². The Balaban J connectivity index is 1.98. The molecule has 2 aromatic heterocycles. The summed E-state index contributed by atoms with van der Waals surface area (Å²) < 4.78 is 0. The fourth-order valence-electron chi connectivity index (χ4n) is 2.12. The molecule has 3 aromatic rings. The van der Waals surface area contributed by atoms with Crippen LogP contribution in [0.1, 0.15) is 17.0 Å². The number of rotatable bonds is 3. The van der Waals surface area contributed by atoms with Crippen LogP contribution in [0, 0.1) is 0 Å². The van der Waals surface area contributed by atoms with Gasteiger partial charge in [-0.1, -0.05) is 24.3 Å². The van der Waals surface area contributed by atoms with Gasteiger partial charge in [0.15, 0.2) is 11.2 Å². The molecule has 102 valence electrons. The van der Waals surface area contributed by atoms with E-state index in [4.69, 9.17) is 11.5 Å². The summed E-state index contributed by atoms with van der Waals surface area (Å²) in [5.41, 5.74) is 13.6. The van der Waals surface area contributed by atoms with Crippen LogP contribution in [-0.2, 0) is 13.0 Å². The molecule has 0 aliphatic heterocycles. The monoisotopic (exact) mass is 270 g/mol. The van der Waals surface area contributed by atoms with Gasteiger partial charge in [-0.25, -0.2) is 4.98 Å². The van der Waals surface area contributed by atoms with Gasteiger partial charge in [0.2, 0.25) is 5.95 Å². The summed E-state index contributed by atoms with van der Waals surface area (Å²) in [6.07, 6.45) is 0.573. The standard InChI is InChI=1S/C13H14N6O/c14-6-8-3-1-2-7(4-8)5-9-16-10-11(17-9)18-13(15)19-12(10)20/h1-4H,5-6,14H2,(H4,15,16,17,18,19,20). The minimum atomic E-state index is -0.318. The van der Waals surface area contributed by atoms with Crippen LogP contribution >= 0.6 is 0 Å². The van der Waals surface area contributed by atoms with Gasteiger partial charge in [-0.15, -0.1) is 0 Å². The second-order valence-electron chi connectivity index (χ2n) is 4.53. The number of anilines is 1. The molecule has 7 heteroatoms. The molecule has 0 saturated carbocycles. The normalized spacial score (nSPS) is 11.1. The number of nitrogens with one attached hydrogen (secondary N) is 2. The van der Waals surface area contributed by atoms with Gasteiger partial charge in [-0.05, 0) is 11.1 Å². The minimum Gasteiger partial charge on any atom is -0.369 e. The highest BCUT2D eigenvalue weighted by molar-refractivity contribution is 5.70. The van der Waals surface area contributed by atoms with Crippen LogP contribution < -0.4 is 17.0 Å². The van der Waals surface area contributed by atoms with E-state index in [9.17, 15) is 4.79 Å². The maximum Gasteiger partial charge on any atom is 0.278 e. The number of hydrogen-bond acceptors (Lipinski definition) is 5. The Bertz CT molecular complexity index is 819. The molecule has 0 unspecified atom stereocenters. The number of imidazole rings is 1. The number of nitrogens with zero attached hydrogens (tertiary/aromatic N) is 2. The first-order chi connectivity index (χ1) is 9.65. The zero-order chi connectivity index (χ0) is 14.1. The third kappa shape index (κ3) is 2.26. The van der Waals surface area contributed by atoms with E-state index in [1.165, 1.54) is 0 Å². The number of H-pyrrole nitrogens is 2. The number of aromatic nitrogens is 4. The average Bonchev–Trinajstić information content (AvgIpc) is 2.81. The maximum absolute atomic E-state index is 11.7. The van der Waals surface area contributed by atoms with Crippen molar-refractivity contribution in [2.24, 2.45) is 5.73 Å². The Labute approximate surface area is 114 Å². The molecule has 20 heavy (non-hydrogen) atoms. The first kappa shape index (κ1) is 12.4. The molecule has 3 rings (SSSR count). The van der Waals surface area contributed by atoms with E-state index in [1.54, 1.807) is 0 Å². The second-order valence-corrected chi connectivity index (χ2v) is 4.53. The van der Waals surface area contributed by atoms with E-state index in [0.29, 0.717) is 30.0 Å². The smallest absolute Gasteiger partial charge is 0.278 e. The topological polar surface area (TPSA) is 126 Å². The Morgan fingerprint density at radius 1 is 1.15 bits per heavy atom. The molecular formula is C13H14N6O. The van der Waals surface area contributed by atoms with Gasteiger partial charge in [0.1, 0.15) is 5.82 Å². The summed E-state index contributed by atoms with van der Waals surface area (Å²) in [6, 6.07) is 7.91. The van der Waals surface area contributed by atoms with Crippen molar-refractivity contribution in [3.8, 4) is 0 Å². The fourth-order valence-corrected chi connectivity index (χ4v) is 2.12. The summed E-state index contributed by atoms with van der Waals surface area (Å²) in [6.45, 7) is 0.492. The van der Waals surface area contributed by atoms with Crippen molar-refractivity contribution >= 4 is 17.1 Å². The van der Waals surface area contributed by atoms with Crippen molar-refractivity contribution in [2.75, 3.05) is 5.73 Å². The van der Waals surface area contributed by atoms with Crippen molar-refractivity contribution in [3.63, 3.8) is 0 Å². The molecule has 0 saturated heterocycles. The average molecular weight is 270 g/mol.